The van der Waals surface area contributed by atoms with E-state index in [0.717, 1.165) is 31.6 Å². The molecule has 0 aromatic carbocycles. The lowest BCUT2D eigenvalue weighted by Crippen LogP contribution is -2.33. The van der Waals surface area contributed by atoms with Crippen molar-refractivity contribution in [2.75, 3.05) is 20.2 Å². The number of hydrogen-bond acceptors (Lipinski definition) is 5. The quantitative estimate of drug-likeness (QED) is 0.601. The summed E-state index contributed by atoms with van der Waals surface area (Å²) >= 11 is 0. The molecule has 17 heavy (non-hydrogen) atoms. The van der Waals surface area contributed by atoms with E-state index >= 15 is 0 Å². The van der Waals surface area contributed by atoms with E-state index in [9.17, 15) is 10.0 Å². The Hall–Kier alpha value is -1.11. The average molecular weight is 236 g/mol. The Morgan fingerprint density at radius 3 is 2.88 bits per heavy atom. The molecule has 1 saturated heterocycles. The van der Waals surface area contributed by atoms with Crippen LogP contribution in [0, 0.1) is 0 Å². The Labute approximate surface area is 101 Å². The maximum Gasteiger partial charge on any atom is 0.488 e. The fraction of sp³-hybridized carbons (Fsp3) is 0.545. The highest BCUT2D eigenvalue weighted by molar-refractivity contribution is 6.58. The minimum Gasteiger partial charge on any atom is -0.481 e. The molecule has 1 fully saturated rings. The fourth-order valence-corrected chi connectivity index (χ4v) is 2.11. The highest BCUT2D eigenvalue weighted by Crippen LogP contribution is 2.22. The van der Waals surface area contributed by atoms with Crippen molar-refractivity contribution in [1.82, 2.24) is 10.3 Å². The van der Waals surface area contributed by atoms with E-state index in [4.69, 9.17) is 4.74 Å². The summed E-state index contributed by atoms with van der Waals surface area (Å²) in [4.78, 5) is 4.37. The van der Waals surface area contributed by atoms with Gasteiger partial charge in [-0.25, -0.2) is 4.98 Å². The molecule has 0 radical (unpaired) electrons. The van der Waals surface area contributed by atoms with Gasteiger partial charge >= 0.3 is 7.12 Å². The topological polar surface area (TPSA) is 74.6 Å². The summed E-state index contributed by atoms with van der Waals surface area (Å²) in [6, 6.07) is 3.29. The lowest BCUT2D eigenvalue weighted by atomic mass is 9.79. The summed E-state index contributed by atoms with van der Waals surface area (Å²) in [5.74, 6) is 0.743. The van der Waals surface area contributed by atoms with Crippen LogP contribution in [0.4, 0.5) is 0 Å². The van der Waals surface area contributed by atoms with Gasteiger partial charge in [0, 0.05) is 24.2 Å². The van der Waals surface area contributed by atoms with Crippen molar-refractivity contribution >= 4 is 12.6 Å². The monoisotopic (exact) mass is 236 g/mol. The number of aromatic nitrogens is 1. The second kappa shape index (κ2) is 5.49. The van der Waals surface area contributed by atoms with E-state index in [2.05, 4.69) is 10.3 Å². The maximum absolute atomic E-state index is 9.22. The zero-order valence-electron chi connectivity index (χ0n) is 9.89. The van der Waals surface area contributed by atoms with Crippen molar-refractivity contribution in [3.63, 3.8) is 0 Å². The Balaban J connectivity index is 2.28. The molecule has 2 rings (SSSR count). The van der Waals surface area contributed by atoms with Crippen LogP contribution in [0.15, 0.2) is 12.1 Å². The second-order valence-electron chi connectivity index (χ2n) is 4.28. The maximum atomic E-state index is 9.22. The van der Waals surface area contributed by atoms with Crippen molar-refractivity contribution in [3.8, 4) is 5.88 Å². The summed E-state index contributed by atoms with van der Waals surface area (Å²) < 4.78 is 5.08. The Bertz CT molecular complexity index is 381. The molecule has 1 aromatic heterocycles. The first-order chi connectivity index (χ1) is 8.20. The van der Waals surface area contributed by atoms with Crippen LogP contribution in [0.5, 0.6) is 5.88 Å². The number of methoxy groups -OCH3 is 1. The Kier molecular flexibility index (Phi) is 3.99. The third-order valence-electron chi connectivity index (χ3n) is 3.07. The molecule has 0 bridgehead atoms. The summed E-state index contributed by atoms with van der Waals surface area (Å²) in [6.07, 6.45) is 2.18. The van der Waals surface area contributed by atoms with E-state index in [0.29, 0.717) is 17.3 Å². The summed E-state index contributed by atoms with van der Waals surface area (Å²) in [6.45, 7) is 1.91. The van der Waals surface area contributed by atoms with Gasteiger partial charge in [0.15, 0.2) is 0 Å². The predicted octanol–water partition coefficient (Wildman–Crippen LogP) is -0.763. The van der Waals surface area contributed by atoms with E-state index < -0.39 is 7.12 Å². The zero-order valence-corrected chi connectivity index (χ0v) is 9.89. The van der Waals surface area contributed by atoms with Crippen LogP contribution in [0.2, 0.25) is 0 Å². The molecule has 0 spiro atoms. The van der Waals surface area contributed by atoms with Crippen molar-refractivity contribution in [1.29, 1.82) is 0 Å². The molecule has 2 heterocycles. The Morgan fingerprint density at radius 1 is 1.47 bits per heavy atom. The van der Waals surface area contributed by atoms with Crippen LogP contribution >= 0.6 is 0 Å². The molecule has 1 aliphatic rings. The van der Waals surface area contributed by atoms with Gasteiger partial charge in [-0.1, -0.05) is 0 Å². The van der Waals surface area contributed by atoms with Crippen LogP contribution < -0.4 is 15.5 Å². The smallest absolute Gasteiger partial charge is 0.481 e. The van der Waals surface area contributed by atoms with Gasteiger partial charge in [0.1, 0.15) is 0 Å². The summed E-state index contributed by atoms with van der Waals surface area (Å²) in [5.41, 5.74) is 1.29. The van der Waals surface area contributed by atoms with E-state index in [1.165, 1.54) is 7.11 Å². The molecule has 1 aromatic rings. The molecule has 1 unspecified atom stereocenters. The fourth-order valence-electron chi connectivity index (χ4n) is 2.11. The first kappa shape index (κ1) is 12.4. The van der Waals surface area contributed by atoms with Gasteiger partial charge in [-0.15, -0.1) is 0 Å². The zero-order chi connectivity index (χ0) is 12.3. The number of rotatable bonds is 3. The first-order valence-corrected chi connectivity index (χ1v) is 5.83. The van der Waals surface area contributed by atoms with Gasteiger partial charge in [0.05, 0.1) is 7.11 Å². The number of nitrogens with zero attached hydrogens (tertiary/aromatic N) is 1. The molecule has 92 valence electrons. The van der Waals surface area contributed by atoms with Crippen LogP contribution in [-0.2, 0) is 0 Å². The molecule has 3 N–H and O–H groups in total. The largest absolute Gasteiger partial charge is 0.488 e. The molecule has 6 heteroatoms. The van der Waals surface area contributed by atoms with Gasteiger partial charge in [0.25, 0.3) is 0 Å². The molecule has 5 nitrogen and oxygen atoms in total. The molecule has 0 aliphatic carbocycles. The SMILES string of the molecule is COc1cc(B(O)O)cc(C2CCCNC2)n1. The number of nitrogens with one attached hydrogen (secondary N) is 1. The van der Waals surface area contributed by atoms with Crippen LogP contribution in [-0.4, -0.2) is 42.3 Å². The van der Waals surface area contributed by atoms with Gasteiger partial charge in [-0.05, 0) is 30.9 Å². The van der Waals surface area contributed by atoms with Gasteiger partial charge in [0.2, 0.25) is 5.88 Å². The Morgan fingerprint density at radius 2 is 2.29 bits per heavy atom. The average Bonchev–Trinajstić information content (AvgIpc) is 2.39. The van der Waals surface area contributed by atoms with Crippen molar-refractivity contribution in [3.05, 3.63) is 17.8 Å². The molecular formula is C11H17BN2O3. The van der Waals surface area contributed by atoms with Gasteiger partial charge in [-0.3, -0.25) is 0 Å². The number of pyridine rings is 1. The van der Waals surface area contributed by atoms with Gasteiger partial charge in [-0.2, -0.15) is 0 Å². The van der Waals surface area contributed by atoms with Crippen LogP contribution in [0.25, 0.3) is 0 Å². The van der Waals surface area contributed by atoms with Crippen molar-refractivity contribution < 1.29 is 14.8 Å². The lowest BCUT2D eigenvalue weighted by molar-refractivity contribution is 0.389. The third kappa shape index (κ3) is 2.97. The molecule has 1 atom stereocenters. The number of piperidine rings is 1. The minimum atomic E-state index is -1.48. The summed E-state index contributed by atoms with van der Waals surface area (Å²) in [5, 5.41) is 21.8. The van der Waals surface area contributed by atoms with E-state index in [-0.39, 0.29) is 0 Å². The normalized spacial score (nSPS) is 20.1. The molecule has 0 amide bonds. The number of ether oxygens (including phenoxy) is 1. The highest BCUT2D eigenvalue weighted by atomic mass is 16.5. The minimum absolute atomic E-state index is 0.316. The molecule has 0 saturated carbocycles. The highest BCUT2D eigenvalue weighted by Gasteiger charge is 2.20. The third-order valence-corrected chi connectivity index (χ3v) is 3.07. The standard InChI is InChI=1S/C11H17BN2O3/c1-17-11-6-9(12(15)16)5-10(14-11)8-3-2-4-13-7-8/h5-6,8,13,15-16H,2-4,7H2,1H3. The second-order valence-corrected chi connectivity index (χ2v) is 4.28. The first-order valence-electron chi connectivity index (χ1n) is 5.83. The predicted molar refractivity (Wildman–Crippen MR) is 65.5 cm³/mol. The van der Waals surface area contributed by atoms with E-state index in [1.54, 1.807) is 12.1 Å². The van der Waals surface area contributed by atoms with Crippen LogP contribution in [0.1, 0.15) is 24.5 Å². The summed E-state index contributed by atoms with van der Waals surface area (Å²) in [7, 11) is 0.0425. The van der Waals surface area contributed by atoms with Crippen molar-refractivity contribution in [2.24, 2.45) is 0 Å². The van der Waals surface area contributed by atoms with Crippen LogP contribution in [0.3, 0.4) is 0 Å². The number of hydrogen-bond donors (Lipinski definition) is 3. The lowest BCUT2D eigenvalue weighted by Gasteiger charge is -2.23. The van der Waals surface area contributed by atoms with Gasteiger partial charge < -0.3 is 20.1 Å². The van der Waals surface area contributed by atoms with E-state index in [1.807, 2.05) is 0 Å². The molecule has 1 aliphatic heterocycles. The molecular weight excluding hydrogens is 219 g/mol. The van der Waals surface area contributed by atoms with Crippen molar-refractivity contribution in [2.45, 2.75) is 18.8 Å².